The normalized spacial score (nSPS) is 16.2. The van der Waals surface area contributed by atoms with E-state index in [0.29, 0.717) is 31.4 Å². The highest BCUT2D eigenvalue weighted by Crippen LogP contribution is 2.23. The van der Waals surface area contributed by atoms with E-state index in [2.05, 4.69) is 22.4 Å². The summed E-state index contributed by atoms with van der Waals surface area (Å²) in [5.74, 6) is 0.456. The topological polar surface area (TPSA) is 107 Å². The Kier molecular flexibility index (Phi) is 6.40. The second-order valence-corrected chi connectivity index (χ2v) is 8.94. The van der Waals surface area contributed by atoms with E-state index in [1.54, 1.807) is 4.68 Å². The summed E-state index contributed by atoms with van der Waals surface area (Å²) in [6.07, 6.45) is 2.58. The van der Waals surface area contributed by atoms with Gasteiger partial charge in [-0.25, -0.2) is 17.9 Å². The van der Waals surface area contributed by atoms with Crippen LogP contribution in [-0.4, -0.2) is 52.0 Å². The zero-order valence-corrected chi connectivity index (χ0v) is 16.9. The first kappa shape index (κ1) is 20.4. The van der Waals surface area contributed by atoms with Gasteiger partial charge in [0.25, 0.3) is 0 Å². The van der Waals surface area contributed by atoms with Crippen LogP contribution in [-0.2, 0) is 27.9 Å². The first-order chi connectivity index (χ1) is 13.4. The maximum Gasteiger partial charge on any atom is 0.338 e. The molecule has 0 unspecified atom stereocenters. The van der Waals surface area contributed by atoms with Gasteiger partial charge >= 0.3 is 5.97 Å². The summed E-state index contributed by atoms with van der Waals surface area (Å²) in [5.41, 5.74) is 0.278. The Balaban J connectivity index is 1.63. The van der Waals surface area contributed by atoms with Crippen LogP contribution < -0.4 is 0 Å². The number of benzene rings is 1. The number of hydrogen-bond acceptors (Lipinski definition) is 7. The van der Waals surface area contributed by atoms with E-state index in [1.165, 1.54) is 28.6 Å². The summed E-state index contributed by atoms with van der Waals surface area (Å²) in [5, 5.41) is 11.3. The highest BCUT2D eigenvalue weighted by Gasteiger charge is 2.28. The summed E-state index contributed by atoms with van der Waals surface area (Å²) in [6.45, 7) is 5.78. The lowest BCUT2D eigenvalue weighted by molar-refractivity contribution is 0.0456. The Hall–Kier alpha value is -2.33. The molecule has 9 nitrogen and oxygen atoms in total. The summed E-state index contributed by atoms with van der Waals surface area (Å²) >= 11 is 0. The van der Waals surface area contributed by atoms with Crippen LogP contribution in [0.2, 0.25) is 0 Å². The van der Waals surface area contributed by atoms with E-state index in [-0.39, 0.29) is 17.1 Å². The Morgan fingerprint density at radius 3 is 2.54 bits per heavy atom. The standard InChI is InChI=1S/C18H25N5O4S/c1-3-10-23-17(19-20-21-23)13-27-18(24)15-4-6-16(7-5-15)28(25,26)22-11-8-14(2)9-12-22/h4-7,14H,3,8-13H2,1-2H3. The van der Waals surface area contributed by atoms with E-state index < -0.39 is 16.0 Å². The Morgan fingerprint density at radius 2 is 1.89 bits per heavy atom. The van der Waals surface area contributed by atoms with Gasteiger partial charge in [0.05, 0.1) is 10.5 Å². The molecule has 1 aromatic heterocycles. The summed E-state index contributed by atoms with van der Waals surface area (Å²) < 4.78 is 33.8. The van der Waals surface area contributed by atoms with E-state index in [1.807, 2.05) is 6.92 Å². The number of piperidine rings is 1. The molecule has 1 aromatic carbocycles. The lowest BCUT2D eigenvalue weighted by Crippen LogP contribution is -2.37. The molecular formula is C18H25N5O4S. The molecule has 0 aliphatic carbocycles. The number of rotatable bonds is 7. The second kappa shape index (κ2) is 8.78. The third-order valence-electron chi connectivity index (χ3n) is 4.84. The van der Waals surface area contributed by atoms with Crippen molar-refractivity contribution in [1.29, 1.82) is 0 Å². The number of carbonyl (C=O) groups excluding carboxylic acids is 1. The fourth-order valence-electron chi connectivity index (χ4n) is 3.06. The zero-order valence-electron chi connectivity index (χ0n) is 16.1. The van der Waals surface area contributed by atoms with Gasteiger partial charge in [0.15, 0.2) is 12.4 Å². The molecule has 152 valence electrons. The van der Waals surface area contributed by atoms with Crippen molar-refractivity contribution in [1.82, 2.24) is 24.5 Å². The first-order valence-corrected chi connectivity index (χ1v) is 10.9. The molecule has 3 rings (SSSR count). The molecule has 1 saturated heterocycles. The van der Waals surface area contributed by atoms with Crippen LogP contribution in [0.15, 0.2) is 29.2 Å². The fourth-order valence-corrected chi connectivity index (χ4v) is 4.53. The molecule has 2 heterocycles. The summed E-state index contributed by atoms with van der Waals surface area (Å²) in [6, 6.07) is 5.84. The maximum absolute atomic E-state index is 12.7. The van der Waals surface area contributed by atoms with Crippen molar-refractivity contribution in [2.75, 3.05) is 13.1 Å². The minimum atomic E-state index is -3.54. The number of aryl methyl sites for hydroxylation is 1. The van der Waals surface area contributed by atoms with Gasteiger partial charge in [-0.05, 0) is 59.9 Å². The number of esters is 1. The van der Waals surface area contributed by atoms with Crippen molar-refractivity contribution >= 4 is 16.0 Å². The molecule has 0 radical (unpaired) electrons. The number of tetrazole rings is 1. The average Bonchev–Trinajstić information content (AvgIpc) is 3.14. The molecule has 1 aliphatic heterocycles. The van der Waals surface area contributed by atoms with Crippen LogP contribution in [0.3, 0.4) is 0 Å². The molecule has 0 bridgehead atoms. The predicted molar refractivity (Wildman–Crippen MR) is 101 cm³/mol. The van der Waals surface area contributed by atoms with Crippen LogP contribution >= 0.6 is 0 Å². The average molecular weight is 407 g/mol. The van der Waals surface area contributed by atoms with Gasteiger partial charge < -0.3 is 4.74 Å². The number of carbonyl (C=O) groups is 1. The largest absolute Gasteiger partial charge is 0.454 e. The third-order valence-corrected chi connectivity index (χ3v) is 6.76. The van der Waals surface area contributed by atoms with Crippen molar-refractivity contribution in [2.24, 2.45) is 5.92 Å². The molecule has 28 heavy (non-hydrogen) atoms. The van der Waals surface area contributed by atoms with Gasteiger partial charge in [0.2, 0.25) is 10.0 Å². The molecule has 0 N–H and O–H groups in total. The third kappa shape index (κ3) is 4.56. The molecule has 0 spiro atoms. The molecule has 1 fully saturated rings. The molecule has 0 amide bonds. The van der Waals surface area contributed by atoms with Crippen molar-refractivity contribution in [3.8, 4) is 0 Å². The number of hydrogen-bond donors (Lipinski definition) is 0. The van der Waals surface area contributed by atoms with Crippen molar-refractivity contribution in [3.63, 3.8) is 0 Å². The Bertz CT molecular complexity index is 902. The van der Waals surface area contributed by atoms with Crippen molar-refractivity contribution < 1.29 is 17.9 Å². The monoisotopic (exact) mass is 407 g/mol. The van der Waals surface area contributed by atoms with Crippen LogP contribution in [0.1, 0.15) is 49.3 Å². The van der Waals surface area contributed by atoms with Gasteiger partial charge in [-0.3, -0.25) is 0 Å². The van der Waals surface area contributed by atoms with E-state index in [0.717, 1.165) is 19.3 Å². The van der Waals surface area contributed by atoms with Gasteiger partial charge in [-0.1, -0.05) is 13.8 Å². The second-order valence-electron chi connectivity index (χ2n) is 7.01. The molecule has 10 heteroatoms. The minimum Gasteiger partial charge on any atom is -0.454 e. The lowest BCUT2D eigenvalue weighted by Gasteiger charge is -2.29. The van der Waals surface area contributed by atoms with Gasteiger partial charge in [-0.2, -0.15) is 4.31 Å². The summed E-state index contributed by atoms with van der Waals surface area (Å²) in [7, 11) is -3.54. The van der Waals surface area contributed by atoms with Crippen LogP contribution in [0, 0.1) is 5.92 Å². The molecule has 2 aromatic rings. The van der Waals surface area contributed by atoms with Crippen LogP contribution in [0.4, 0.5) is 0 Å². The van der Waals surface area contributed by atoms with Crippen LogP contribution in [0.25, 0.3) is 0 Å². The van der Waals surface area contributed by atoms with Gasteiger partial charge in [0.1, 0.15) is 0 Å². The zero-order chi connectivity index (χ0) is 20.1. The minimum absolute atomic E-state index is 0.0438. The highest BCUT2D eigenvalue weighted by molar-refractivity contribution is 7.89. The smallest absolute Gasteiger partial charge is 0.338 e. The van der Waals surface area contributed by atoms with E-state index >= 15 is 0 Å². The predicted octanol–water partition coefficient (Wildman–Crippen LogP) is 1.86. The van der Waals surface area contributed by atoms with E-state index in [9.17, 15) is 13.2 Å². The molecule has 1 aliphatic rings. The van der Waals surface area contributed by atoms with Gasteiger partial charge in [-0.15, -0.1) is 5.10 Å². The number of aromatic nitrogens is 4. The lowest BCUT2D eigenvalue weighted by atomic mass is 10.0. The SMILES string of the molecule is CCCn1nnnc1COC(=O)c1ccc(S(=O)(=O)N2CCC(C)CC2)cc1. The first-order valence-electron chi connectivity index (χ1n) is 9.44. The summed E-state index contributed by atoms with van der Waals surface area (Å²) in [4.78, 5) is 12.4. The van der Waals surface area contributed by atoms with Crippen molar-refractivity contribution in [2.45, 2.75) is 51.2 Å². The number of nitrogens with zero attached hydrogens (tertiary/aromatic N) is 5. The van der Waals surface area contributed by atoms with E-state index in [4.69, 9.17) is 4.74 Å². The molecule has 0 saturated carbocycles. The molecular weight excluding hydrogens is 382 g/mol. The highest BCUT2D eigenvalue weighted by atomic mass is 32.2. The Morgan fingerprint density at radius 1 is 1.21 bits per heavy atom. The van der Waals surface area contributed by atoms with Crippen LogP contribution in [0.5, 0.6) is 0 Å². The van der Waals surface area contributed by atoms with Crippen molar-refractivity contribution in [3.05, 3.63) is 35.7 Å². The number of ether oxygens (including phenoxy) is 1. The molecule has 0 atom stereocenters. The quantitative estimate of drug-likeness (QED) is 0.645. The fraction of sp³-hybridized carbons (Fsp3) is 0.556. The Labute approximate surface area is 164 Å². The maximum atomic E-state index is 12.7. The number of sulfonamides is 1. The van der Waals surface area contributed by atoms with Gasteiger partial charge in [0, 0.05) is 19.6 Å².